The van der Waals surface area contributed by atoms with Crippen LogP contribution in [0.2, 0.25) is 0 Å². The van der Waals surface area contributed by atoms with Crippen molar-refractivity contribution in [1.29, 1.82) is 0 Å². The first-order chi connectivity index (χ1) is 23.1. The molecule has 0 atom stereocenters. The van der Waals surface area contributed by atoms with E-state index in [0.717, 1.165) is 53.8 Å². The summed E-state index contributed by atoms with van der Waals surface area (Å²) in [4.78, 5) is 22.0. The number of aliphatic hydroxyl groups is 1. The van der Waals surface area contributed by atoms with Crippen LogP contribution in [0.25, 0.3) is 54.7 Å². The SMILES string of the molecule is CC(C)c1nc(-c2[c-]cc3ccccc3c2)c2c3c4ccccc4ccc3n(C(C)C)c2n1.CCC(CC)C(=O)/C=C(\O)C(CC)CC.[Ir]. The second-order valence-electron chi connectivity index (χ2n) is 13.4. The number of hydrogen-bond donors (Lipinski definition) is 1. The van der Waals surface area contributed by atoms with Crippen LogP contribution in [0.5, 0.6) is 0 Å². The molecule has 0 bridgehead atoms. The number of aliphatic hydroxyl groups excluding tert-OH is 1. The quantitative estimate of drug-likeness (QED) is 0.0848. The van der Waals surface area contributed by atoms with E-state index in [1.807, 2.05) is 27.7 Å². The molecule has 0 unspecified atom stereocenters. The molecule has 5 nitrogen and oxygen atoms in total. The summed E-state index contributed by atoms with van der Waals surface area (Å²) < 4.78 is 2.37. The second-order valence-corrected chi connectivity index (χ2v) is 13.4. The van der Waals surface area contributed by atoms with Gasteiger partial charge in [-0.1, -0.05) is 102 Å². The van der Waals surface area contributed by atoms with Crippen LogP contribution in [0.3, 0.4) is 0 Å². The van der Waals surface area contributed by atoms with Crippen LogP contribution in [0.15, 0.2) is 84.6 Å². The van der Waals surface area contributed by atoms with Crippen LogP contribution < -0.4 is 0 Å². The van der Waals surface area contributed by atoms with Crippen LogP contribution in [-0.2, 0) is 24.9 Å². The number of aromatic nitrogens is 3. The second kappa shape index (κ2) is 16.7. The Hall–Kier alpha value is -3.86. The van der Waals surface area contributed by atoms with Crippen LogP contribution in [0, 0.1) is 17.9 Å². The van der Waals surface area contributed by atoms with Gasteiger partial charge in [0.25, 0.3) is 0 Å². The van der Waals surface area contributed by atoms with E-state index in [0.29, 0.717) is 0 Å². The molecule has 6 aromatic rings. The van der Waals surface area contributed by atoms with Gasteiger partial charge in [-0.15, -0.1) is 29.1 Å². The molecule has 259 valence electrons. The van der Waals surface area contributed by atoms with Crippen molar-refractivity contribution in [2.24, 2.45) is 11.8 Å². The van der Waals surface area contributed by atoms with Crippen LogP contribution in [-0.4, -0.2) is 25.4 Å². The van der Waals surface area contributed by atoms with Gasteiger partial charge in [-0.3, -0.25) is 9.78 Å². The van der Waals surface area contributed by atoms with Gasteiger partial charge in [-0.25, -0.2) is 4.98 Å². The molecule has 6 rings (SSSR count). The fourth-order valence-corrected chi connectivity index (χ4v) is 6.73. The van der Waals surface area contributed by atoms with Crippen molar-refractivity contribution in [2.75, 3.05) is 0 Å². The summed E-state index contributed by atoms with van der Waals surface area (Å²) in [6.45, 7) is 16.8. The molecule has 6 heteroatoms. The van der Waals surface area contributed by atoms with Crippen molar-refractivity contribution in [3.63, 3.8) is 0 Å². The molecule has 0 fully saturated rings. The van der Waals surface area contributed by atoms with Crippen LogP contribution >= 0.6 is 0 Å². The molecule has 1 radical (unpaired) electrons. The number of benzene rings is 4. The van der Waals surface area contributed by atoms with E-state index < -0.39 is 0 Å². The van der Waals surface area contributed by atoms with Gasteiger partial charge in [0.2, 0.25) is 0 Å². The Morgan fingerprint density at radius 1 is 0.796 bits per heavy atom. The molecular weight excluding hydrogens is 783 g/mol. The summed E-state index contributed by atoms with van der Waals surface area (Å²) >= 11 is 0. The zero-order chi connectivity index (χ0) is 34.5. The van der Waals surface area contributed by atoms with Gasteiger partial charge in [-0.05, 0) is 56.4 Å². The number of allylic oxidation sites excluding steroid dienone is 2. The van der Waals surface area contributed by atoms with Gasteiger partial charge in [0.15, 0.2) is 5.78 Å². The average Bonchev–Trinajstić information content (AvgIpc) is 3.44. The van der Waals surface area contributed by atoms with Gasteiger partial charge < -0.3 is 9.67 Å². The minimum absolute atomic E-state index is 0. The van der Waals surface area contributed by atoms with Gasteiger partial charge >= 0.3 is 0 Å². The maximum Gasteiger partial charge on any atom is 0.162 e. The molecule has 1 N–H and O–H groups in total. The van der Waals surface area contributed by atoms with E-state index in [1.54, 1.807) is 0 Å². The average molecular weight is 833 g/mol. The first-order valence-electron chi connectivity index (χ1n) is 17.7. The third-order valence-electron chi connectivity index (χ3n) is 9.60. The number of fused-ring (bicyclic) bond motifs is 6. The topological polar surface area (TPSA) is 68.0 Å². The van der Waals surface area contributed by atoms with E-state index in [9.17, 15) is 9.90 Å². The Balaban J connectivity index is 0.000000290. The van der Waals surface area contributed by atoms with Crippen molar-refractivity contribution in [3.8, 4) is 11.3 Å². The molecule has 0 amide bonds. The Labute approximate surface area is 305 Å². The molecule has 0 aliphatic rings. The fraction of sp³-hybridized carbons (Fsp3) is 0.372. The minimum atomic E-state index is 0. The maximum absolute atomic E-state index is 11.7. The molecular formula is C43H50IrN3O2-. The summed E-state index contributed by atoms with van der Waals surface area (Å²) in [6, 6.07) is 29.6. The fourth-order valence-electron chi connectivity index (χ4n) is 6.73. The van der Waals surface area contributed by atoms with Crippen molar-refractivity contribution >= 4 is 49.3 Å². The molecule has 2 aromatic heterocycles. The molecule has 0 spiro atoms. The molecule has 4 aromatic carbocycles. The van der Waals surface area contributed by atoms with Gasteiger partial charge in [0.05, 0.1) is 11.3 Å². The van der Waals surface area contributed by atoms with E-state index >= 15 is 0 Å². The third kappa shape index (κ3) is 7.82. The predicted octanol–water partition coefficient (Wildman–Crippen LogP) is 11.9. The third-order valence-corrected chi connectivity index (χ3v) is 9.60. The smallest absolute Gasteiger partial charge is 0.162 e. The molecule has 0 aliphatic carbocycles. The van der Waals surface area contributed by atoms with E-state index in [2.05, 4.69) is 111 Å². The normalized spacial score (nSPS) is 12.0. The van der Waals surface area contributed by atoms with Gasteiger partial charge in [0, 0.05) is 66.4 Å². The Bertz CT molecular complexity index is 2080. The van der Waals surface area contributed by atoms with Crippen molar-refractivity contribution in [3.05, 3.63) is 96.5 Å². The van der Waals surface area contributed by atoms with E-state index in [4.69, 9.17) is 9.97 Å². The number of ketones is 1. The monoisotopic (exact) mass is 833 g/mol. The van der Waals surface area contributed by atoms with E-state index in [1.165, 1.54) is 38.5 Å². The maximum atomic E-state index is 11.7. The minimum Gasteiger partial charge on any atom is -0.512 e. The predicted molar refractivity (Wildman–Crippen MR) is 203 cm³/mol. The molecule has 49 heavy (non-hydrogen) atoms. The first-order valence-corrected chi connectivity index (χ1v) is 17.7. The molecule has 2 heterocycles. The summed E-state index contributed by atoms with van der Waals surface area (Å²) in [5.74, 6) is 1.64. The number of carbonyl (C=O) groups is 1. The van der Waals surface area contributed by atoms with E-state index in [-0.39, 0.29) is 55.4 Å². The zero-order valence-corrected chi connectivity index (χ0v) is 32.6. The summed E-state index contributed by atoms with van der Waals surface area (Å²) in [7, 11) is 0. The Morgan fingerprint density at radius 3 is 2.02 bits per heavy atom. The first kappa shape index (κ1) is 37.9. The summed E-state index contributed by atoms with van der Waals surface area (Å²) in [6.07, 6.45) is 4.91. The number of rotatable bonds is 10. The molecule has 0 saturated heterocycles. The van der Waals surface area contributed by atoms with Gasteiger partial charge in [0.1, 0.15) is 11.5 Å². The summed E-state index contributed by atoms with van der Waals surface area (Å²) in [5, 5.41) is 17.0. The van der Waals surface area contributed by atoms with Crippen molar-refractivity contribution in [1.82, 2.24) is 14.5 Å². The zero-order valence-electron chi connectivity index (χ0n) is 30.2. The number of hydrogen-bond acceptors (Lipinski definition) is 4. The van der Waals surface area contributed by atoms with Crippen molar-refractivity contribution in [2.45, 2.75) is 93.0 Å². The van der Waals surface area contributed by atoms with Crippen LogP contribution in [0.1, 0.15) is 98.9 Å². The Kier molecular flexibility index (Phi) is 12.9. The standard InChI is InChI=1S/C30H26N3.C13H24O2.Ir/c1-18(2)29-31-28(23-14-13-20-9-5-6-11-22(20)17-23)27-26-24-12-8-7-10-21(24)15-16-25(26)33(19(3)4)30(27)32-29;1-5-10(6-2)12(14)9-13(15)11(7-3)8-4;/h5-13,15-19H,1-4H3;9-11,14H,5-8H2,1-4H3;/q-1;;/b;12-9-;. The number of carbonyl (C=O) groups excluding carboxylic acids is 1. The van der Waals surface area contributed by atoms with Gasteiger partial charge in [-0.2, -0.15) is 0 Å². The van der Waals surface area contributed by atoms with Crippen molar-refractivity contribution < 1.29 is 30.0 Å². The number of nitrogens with zero attached hydrogens (tertiary/aromatic N) is 3. The summed E-state index contributed by atoms with van der Waals surface area (Å²) in [5.41, 5.74) is 4.19. The largest absolute Gasteiger partial charge is 0.512 e. The Morgan fingerprint density at radius 2 is 1.41 bits per heavy atom. The van der Waals surface area contributed by atoms with Crippen LogP contribution in [0.4, 0.5) is 0 Å². The molecule has 0 saturated carbocycles. The molecule has 0 aliphatic heterocycles.